The van der Waals surface area contributed by atoms with Gasteiger partial charge in [0.05, 0.1) is 11.1 Å². The monoisotopic (exact) mass is 282 g/mol. The highest BCUT2D eigenvalue weighted by molar-refractivity contribution is 6.32. The van der Waals surface area contributed by atoms with Crippen LogP contribution in [0.4, 0.5) is 0 Å². The van der Waals surface area contributed by atoms with Crippen molar-refractivity contribution in [3.63, 3.8) is 0 Å². The van der Waals surface area contributed by atoms with E-state index in [1.165, 1.54) is 25.1 Å². The van der Waals surface area contributed by atoms with Gasteiger partial charge in [-0.1, -0.05) is 18.2 Å². The van der Waals surface area contributed by atoms with Gasteiger partial charge < -0.3 is 10.2 Å². The van der Waals surface area contributed by atoms with E-state index in [-0.39, 0.29) is 39.4 Å². The van der Waals surface area contributed by atoms with Crippen LogP contribution >= 0.6 is 0 Å². The average Bonchev–Trinajstić information content (AvgIpc) is 2.46. The summed E-state index contributed by atoms with van der Waals surface area (Å²) in [6, 6.07) is 6.68. The molecule has 0 radical (unpaired) electrons. The van der Waals surface area contributed by atoms with Crippen LogP contribution in [0.1, 0.15) is 49.1 Å². The van der Waals surface area contributed by atoms with E-state index in [0.717, 1.165) is 12.1 Å². The molecule has 5 nitrogen and oxygen atoms in total. The topological polar surface area (TPSA) is 91.7 Å². The van der Waals surface area contributed by atoms with E-state index in [9.17, 15) is 24.6 Å². The Morgan fingerprint density at radius 1 is 0.857 bits per heavy atom. The largest absolute Gasteiger partial charge is 0.507 e. The van der Waals surface area contributed by atoms with Crippen LogP contribution in [-0.4, -0.2) is 27.6 Å². The number of phenols is 2. The maximum atomic E-state index is 12.6. The minimum atomic E-state index is -0.640. The van der Waals surface area contributed by atoms with Crippen LogP contribution in [0.5, 0.6) is 11.5 Å². The number of aromatic hydroxyl groups is 2. The lowest BCUT2D eigenvalue weighted by Gasteiger charge is -2.20. The molecule has 0 atom stereocenters. The lowest BCUT2D eigenvalue weighted by Crippen LogP contribution is -2.23. The summed E-state index contributed by atoms with van der Waals surface area (Å²) < 4.78 is 0. The molecular formula is C16H10O5. The molecule has 1 aliphatic rings. The van der Waals surface area contributed by atoms with Gasteiger partial charge in [-0.2, -0.15) is 0 Å². The molecular weight excluding hydrogens is 272 g/mol. The number of rotatable bonds is 1. The van der Waals surface area contributed by atoms with Gasteiger partial charge >= 0.3 is 0 Å². The van der Waals surface area contributed by atoms with E-state index in [1.807, 2.05) is 0 Å². The predicted octanol–water partition coefficient (Wildman–Crippen LogP) is 2.08. The second-order valence-electron chi connectivity index (χ2n) is 4.80. The number of ketones is 3. The van der Waals surface area contributed by atoms with Gasteiger partial charge in [0.2, 0.25) is 0 Å². The molecule has 5 heteroatoms. The summed E-state index contributed by atoms with van der Waals surface area (Å²) in [4.78, 5) is 36.7. The number of benzene rings is 2. The van der Waals surface area contributed by atoms with Crippen molar-refractivity contribution in [1.82, 2.24) is 0 Å². The first-order valence-electron chi connectivity index (χ1n) is 6.21. The van der Waals surface area contributed by atoms with Crippen LogP contribution in [0.3, 0.4) is 0 Å². The van der Waals surface area contributed by atoms with E-state index in [1.54, 1.807) is 0 Å². The number of carbonyl (C=O) groups excluding carboxylic acids is 3. The Labute approximate surface area is 119 Å². The highest BCUT2D eigenvalue weighted by Gasteiger charge is 2.36. The second-order valence-corrected chi connectivity index (χ2v) is 4.80. The third kappa shape index (κ3) is 1.67. The molecule has 2 aromatic carbocycles. The maximum absolute atomic E-state index is 12.6. The van der Waals surface area contributed by atoms with Crippen molar-refractivity contribution in [3.05, 3.63) is 58.1 Å². The molecule has 0 amide bonds. The zero-order chi connectivity index (χ0) is 15.3. The second kappa shape index (κ2) is 4.28. The average molecular weight is 282 g/mol. The van der Waals surface area contributed by atoms with Crippen molar-refractivity contribution in [2.75, 3.05) is 0 Å². The normalized spacial score (nSPS) is 12.8. The Balaban J connectivity index is 2.42. The molecule has 3 rings (SSSR count). The molecule has 0 heterocycles. The standard InChI is InChI=1S/C16H10O5/c1-7(17)8-3-2-4-9-12(8)16(21)14-11(19)6-5-10(18)13(14)15(9)20/h2-6,18-19H,1H3. The van der Waals surface area contributed by atoms with Crippen molar-refractivity contribution < 1.29 is 24.6 Å². The molecule has 2 aromatic rings. The summed E-state index contributed by atoms with van der Waals surface area (Å²) in [5.74, 6) is -2.35. The molecule has 0 fully saturated rings. The molecule has 0 saturated carbocycles. The molecule has 2 N–H and O–H groups in total. The summed E-state index contributed by atoms with van der Waals surface area (Å²) >= 11 is 0. The number of fused-ring (bicyclic) bond motifs is 2. The Kier molecular flexibility index (Phi) is 2.66. The highest BCUT2D eigenvalue weighted by atomic mass is 16.3. The summed E-state index contributed by atoms with van der Waals surface area (Å²) in [6.07, 6.45) is 0. The Bertz CT molecular complexity index is 833. The van der Waals surface area contributed by atoms with Crippen LogP contribution in [0.25, 0.3) is 0 Å². The fourth-order valence-corrected chi connectivity index (χ4v) is 2.58. The summed E-state index contributed by atoms with van der Waals surface area (Å²) in [7, 11) is 0. The van der Waals surface area contributed by atoms with Crippen LogP contribution in [-0.2, 0) is 0 Å². The van der Waals surface area contributed by atoms with Gasteiger partial charge in [0.1, 0.15) is 11.5 Å². The highest BCUT2D eigenvalue weighted by Crippen LogP contribution is 2.38. The van der Waals surface area contributed by atoms with Gasteiger partial charge in [0.15, 0.2) is 17.3 Å². The third-order valence-electron chi connectivity index (χ3n) is 3.53. The molecule has 0 unspecified atom stereocenters. The third-order valence-corrected chi connectivity index (χ3v) is 3.53. The zero-order valence-electron chi connectivity index (χ0n) is 11.0. The van der Waals surface area contributed by atoms with E-state index >= 15 is 0 Å². The van der Waals surface area contributed by atoms with Crippen molar-refractivity contribution >= 4 is 17.3 Å². The van der Waals surface area contributed by atoms with E-state index in [4.69, 9.17) is 0 Å². The van der Waals surface area contributed by atoms with Gasteiger partial charge in [0, 0.05) is 16.7 Å². The molecule has 104 valence electrons. The van der Waals surface area contributed by atoms with Crippen LogP contribution < -0.4 is 0 Å². The fourth-order valence-electron chi connectivity index (χ4n) is 2.58. The molecule has 0 saturated heterocycles. The van der Waals surface area contributed by atoms with Crippen LogP contribution in [0.2, 0.25) is 0 Å². The molecule has 0 aromatic heterocycles. The summed E-state index contributed by atoms with van der Waals surface area (Å²) in [6.45, 7) is 1.30. The summed E-state index contributed by atoms with van der Waals surface area (Å²) in [5, 5.41) is 19.7. The van der Waals surface area contributed by atoms with Crippen molar-refractivity contribution in [1.29, 1.82) is 0 Å². The van der Waals surface area contributed by atoms with Gasteiger partial charge in [-0.15, -0.1) is 0 Å². The minimum absolute atomic E-state index is 0.0246. The van der Waals surface area contributed by atoms with Crippen molar-refractivity contribution in [3.8, 4) is 11.5 Å². The van der Waals surface area contributed by atoms with Gasteiger partial charge in [-0.25, -0.2) is 0 Å². The Morgan fingerprint density at radius 2 is 1.43 bits per heavy atom. The maximum Gasteiger partial charge on any atom is 0.199 e. The Hall–Kier alpha value is -2.95. The smallest absolute Gasteiger partial charge is 0.199 e. The molecule has 0 bridgehead atoms. The first-order valence-corrected chi connectivity index (χ1v) is 6.21. The predicted molar refractivity (Wildman–Crippen MR) is 73.1 cm³/mol. The van der Waals surface area contributed by atoms with E-state index in [0.29, 0.717) is 0 Å². The number of carbonyl (C=O) groups is 3. The van der Waals surface area contributed by atoms with Gasteiger partial charge in [-0.3, -0.25) is 14.4 Å². The molecule has 1 aliphatic carbocycles. The molecule has 0 aliphatic heterocycles. The van der Waals surface area contributed by atoms with Crippen molar-refractivity contribution in [2.24, 2.45) is 0 Å². The minimum Gasteiger partial charge on any atom is -0.507 e. The Morgan fingerprint density at radius 3 is 2.00 bits per heavy atom. The number of hydrogen-bond donors (Lipinski definition) is 2. The van der Waals surface area contributed by atoms with E-state index < -0.39 is 17.3 Å². The molecule has 0 spiro atoms. The first kappa shape index (κ1) is 13.1. The quantitative estimate of drug-likeness (QED) is 0.526. The summed E-state index contributed by atoms with van der Waals surface area (Å²) in [5.41, 5.74) is -0.335. The lowest BCUT2D eigenvalue weighted by molar-refractivity contribution is 0.0963. The zero-order valence-corrected chi connectivity index (χ0v) is 11.0. The number of hydrogen-bond acceptors (Lipinski definition) is 5. The van der Waals surface area contributed by atoms with E-state index in [2.05, 4.69) is 0 Å². The number of Topliss-reactive ketones (excluding diaryl/α,β-unsaturated/α-hetero) is 1. The van der Waals surface area contributed by atoms with Crippen LogP contribution in [0.15, 0.2) is 30.3 Å². The molecule has 21 heavy (non-hydrogen) atoms. The van der Waals surface area contributed by atoms with Gasteiger partial charge in [0.25, 0.3) is 0 Å². The first-order chi connectivity index (χ1) is 9.93. The SMILES string of the molecule is CC(=O)c1cccc2c1C(=O)c1c(O)ccc(O)c1C2=O. The van der Waals surface area contributed by atoms with Crippen molar-refractivity contribution in [2.45, 2.75) is 6.92 Å². The fraction of sp³-hybridized carbons (Fsp3) is 0.0625. The lowest BCUT2D eigenvalue weighted by atomic mass is 9.80. The number of phenolic OH excluding ortho intramolecular Hbond substituents is 2. The van der Waals surface area contributed by atoms with Gasteiger partial charge in [-0.05, 0) is 19.1 Å². The van der Waals surface area contributed by atoms with Crippen LogP contribution in [0, 0.1) is 0 Å².